The van der Waals surface area contributed by atoms with E-state index in [-0.39, 0.29) is 5.41 Å². The molecule has 0 aliphatic carbocycles. The van der Waals surface area contributed by atoms with E-state index in [2.05, 4.69) is 36.1 Å². The third-order valence-electron chi connectivity index (χ3n) is 1.97. The van der Waals surface area contributed by atoms with E-state index >= 15 is 0 Å². The van der Waals surface area contributed by atoms with Gasteiger partial charge in [-0.15, -0.1) is 0 Å². The van der Waals surface area contributed by atoms with Gasteiger partial charge in [-0.05, 0) is 17.0 Å². The van der Waals surface area contributed by atoms with Crippen LogP contribution in [0, 0.1) is 0 Å². The Morgan fingerprint density at radius 3 is 2.77 bits per heavy atom. The lowest BCUT2D eigenvalue weighted by molar-refractivity contribution is 0.423. The first kappa shape index (κ1) is 8.16. The molecule has 0 aromatic carbocycles. The van der Waals surface area contributed by atoms with Crippen molar-refractivity contribution in [2.75, 3.05) is 0 Å². The summed E-state index contributed by atoms with van der Waals surface area (Å²) >= 11 is 0. The molecule has 0 aliphatic rings. The summed E-state index contributed by atoms with van der Waals surface area (Å²) in [5, 5.41) is 7.15. The van der Waals surface area contributed by atoms with Crippen molar-refractivity contribution in [3.8, 4) is 0 Å². The Bertz CT molecular complexity index is 428. The van der Waals surface area contributed by atoms with Crippen LogP contribution in [0.1, 0.15) is 26.3 Å². The molecule has 4 nitrogen and oxygen atoms in total. The van der Waals surface area contributed by atoms with Gasteiger partial charge in [0.15, 0.2) is 0 Å². The lowest BCUT2D eigenvalue weighted by Crippen LogP contribution is -2.11. The summed E-state index contributed by atoms with van der Waals surface area (Å²) in [6.07, 6.45) is 1.81. The molecule has 0 bridgehead atoms. The lowest BCUT2D eigenvalue weighted by atomic mass is 9.88. The van der Waals surface area contributed by atoms with Gasteiger partial charge in [-0.2, -0.15) is 0 Å². The average molecular weight is 177 g/mol. The van der Waals surface area contributed by atoms with Crippen LogP contribution in [0.15, 0.2) is 16.8 Å². The second kappa shape index (κ2) is 2.52. The maximum atomic E-state index is 4.93. The van der Waals surface area contributed by atoms with Crippen LogP contribution in [0.2, 0.25) is 0 Å². The number of pyridine rings is 1. The summed E-state index contributed by atoms with van der Waals surface area (Å²) in [7, 11) is 0. The summed E-state index contributed by atoms with van der Waals surface area (Å²) in [6.45, 7) is 6.37. The molecule has 0 spiro atoms. The minimum Gasteiger partial charge on any atom is -0.335 e. The molecule has 13 heavy (non-hydrogen) atoms. The summed E-state index contributed by atoms with van der Waals surface area (Å²) < 4.78 is 4.93. The van der Waals surface area contributed by atoms with Gasteiger partial charge in [-0.25, -0.2) is 4.98 Å². The summed E-state index contributed by atoms with van der Waals surface area (Å²) in [6, 6.07) is 1.93. The number of fused-ring (bicyclic) bond motifs is 1. The number of nitrogens with zero attached hydrogens (tertiary/aromatic N) is 3. The van der Waals surface area contributed by atoms with Crippen molar-refractivity contribution in [3.63, 3.8) is 0 Å². The van der Waals surface area contributed by atoms with Crippen molar-refractivity contribution < 1.29 is 4.52 Å². The third-order valence-corrected chi connectivity index (χ3v) is 1.97. The molecule has 0 saturated carbocycles. The van der Waals surface area contributed by atoms with Crippen LogP contribution in [0.3, 0.4) is 0 Å². The molecule has 2 heterocycles. The molecule has 4 heteroatoms. The molecule has 0 saturated heterocycles. The van der Waals surface area contributed by atoms with Crippen molar-refractivity contribution in [3.05, 3.63) is 17.8 Å². The maximum absolute atomic E-state index is 4.93. The first-order chi connectivity index (χ1) is 6.07. The quantitative estimate of drug-likeness (QED) is 0.616. The first-order valence-electron chi connectivity index (χ1n) is 4.16. The van der Waals surface area contributed by atoms with E-state index in [1.165, 1.54) is 0 Å². The number of hydrogen-bond donors (Lipinski definition) is 0. The molecule has 0 unspecified atom stereocenters. The van der Waals surface area contributed by atoms with E-state index in [0.29, 0.717) is 11.2 Å². The SMILES string of the molecule is CC(C)(C)c1cnc2nnoc2c1. The van der Waals surface area contributed by atoms with Gasteiger partial charge in [0, 0.05) is 11.5 Å². The number of aromatic nitrogens is 3. The Hall–Kier alpha value is -1.45. The van der Waals surface area contributed by atoms with E-state index in [0.717, 1.165) is 5.56 Å². The van der Waals surface area contributed by atoms with Crippen LogP contribution in [0.25, 0.3) is 11.2 Å². The molecule has 2 rings (SSSR count). The van der Waals surface area contributed by atoms with Crippen molar-refractivity contribution in [1.82, 2.24) is 15.4 Å². The van der Waals surface area contributed by atoms with Crippen LogP contribution in [0.4, 0.5) is 0 Å². The normalized spacial score (nSPS) is 12.2. The molecule has 0 fully saturated rings. The standard InChI is InChI=1S/C9H11N3O/c1-9(2,3)6-4-7-8(10-5-6)11-12-13-7/h4-5H,1-3H3. The van der Waals surface area contributed by atoms with Crippen molar-refractivity contribution in [2.24, 2.45) is 0 Å². The van der Waals surface area contributed by atoms with Gasteiger partial charge in [0.2, 0.25) is 11.2 Å². The van der Waals surface area contributed by atoms with Crippen molar-refractivity contribution in [1.29, 1.82) is 0 Å². The van der Waals surface area contributed by atoms with E-state index in [1.807, 2.05) is 12.3 Å². The van der Waals surface area contributed by atoms with Gasteiger partial charge in [0.1, 0.15) is 0 Å². The highest BCUT2D eigenvalue weighted by atomic mass is 16.5. The van der Waals surface area contributed by atoms with Crippen LogP contribution in [-0.4, -0.2) is 15.4 Å². The predicted molar refractivity (Wildman–Crippen MR) is 48.3 cm³/mol. The van der Waals surface area contributed by atoms with Crippen LogP contribution in [0.5, 0.6) is 0 Å². The first-order valence-corrected chi connectivity index (χ1v) is 4.16. The molecule has 0 aliphatic heterocycles. The Balaban J connectivity index is 2.61. The summed E-state index contributed by atoms with van der Waals surface area (Å²) in [4.78, 5) is 4.14. The topological polar surface area (TPSA) is 51.8 Å². The Morgan fingerprint density at radius 2 is 2.08 bits per heavy atom. The second-order valence-electron chi connectivity index (χ2n) is 4.07. The zero-order valence-corrected chi connectivity index (χ0v) is 7.90. The molecule has 68 valence electrons. The fourth-order valence-corrected chi connectivity index (χ4v) is 1.09. The maximum Gasteiger partial charge on any atom is 0.223 e. The van der Waals surface area contributed by atoms with E-state index in [9.17, 15) is 0 Å². The Morgan fingerprint density at radius 1 is 1.31 bits per heavy atom. The monoisotopic (exact) mass is 177 g/mol. The van der Waals surface area contributed by atoms with E-state index in [1.54, 1.807) is 0 Å². The highest BCUT2D eigenvalue weighted by Gasteiger charge is 2.15. The largest absolute Gasteiger partial charge is 0.335 e. The molecule has 2 aromatic heterocycles. The second-order valence-corrected chi connectivity index (χ2v) is 4.07. The molecular weight excluding hydrogens is 166 g/mol. The summed E-state index contributed by atoms with van der Waals surface area (Å²) in [5.74, 6) is 0. The summed E-state index contributed by atoms with van der Waals surface area (Å²) in [5.41, 5.74) is 2.41. The van der Waals surface area contributed by atoms with Gasteiger partial charge in [-0.3, -0.25) is 0 Å². The zero-order chi connectivity index (χ0) is 9.47. The van der Waals surface area contributed by atoms with Gasteiger partial charge >= 0.3 is 0 Å². The fourth-order valence-electron chi connectivity index (χ4n) is 1.09. The van der Waals surface area contributed by atoms with E-state index < -0.39 is 0 Å². The molecule has 0 atom stereocenters. The molecule has 0 radical (unpaired) electrons. The molecular formula is C9H11N3O. The van der Waals surface area contributed by atoms with E-state index in [4.69, 9.17) is 4.52 Å². The van der Waals surface area contributed by atoms with Crippen LogP contribution >= 0.6 is 0 Å². The lowest BCUT2D eigenvalue weighted by Gasteiger charge is -2.17. The molecule has 2 aromatic rings. The van der Waals surface area contributed by atoms with Gasteiger partial charge < -0.3 is 4.52 Å². The number of hydrogen-bond acceptors (Lipinski definition) is 4. The van der Waals surface area contributed by atoms with Gasteiger partial charge in [-0.1, -0.05) is 25.9 Å². The van der Waals surface area contributed by atoms with Gasteiger partial charge in [0.25, 0.3) is 0 Å². The smallest absolute Gasteiger partial charge is 0.223 e. The van der Waals surface area contributed by atoms with Gasteiger partial charge in [0.05, 0.1) is 0 Å². The van der Waals surface area contributed by atoms with Crippen molar-refractivity contribution in [2.45, 2.75) is 26.2 Å². The fraction of sp³-hybridized carbons (Fsp3) is 0.444. The Labute approximate surface area is 75.9 Å². The molecule has 0 amide bonds. The average Bonchev–Trinajstić information content (AvgIpc) is 2.47. The molecule has 0 N–H and O–H groups in total. The van der Waals surface area contributed by atoms with Crippen molar-refractivity contribution >= 4 is 11.2 Å². The minimum atomic E-state index is 0.0774. The van der Waals surface area contributed by atoms with Crippen LogP contribution in [-0.2, 0) is 5.41 Å². The predicted octanol–water partition coefficient (Wildman–Crippen LogP) is 1.92. The van der Waals surface area contributed by atoms with Crippen LogP contribution < -0.4 is 0 Å². The highest BCUT2D eigenvalue weighted by Crippen LogP contribution is 2.23. The number of rotatable bonds is 0. The third kappa shape index (κ3) is 1.39. The Kier molecular flexibility index (Phi) is 1.58. The highest BCUT2D eigenvalue weighted by molar-refractivity contribution is 5.67. The minimum absolute atomic E-state index is 0.0774. The zero-order valence-electron chi connectivity index (χ0n) is 7.90.